The number of nitrogens with zero attached hydrogens (tertiary/aromatic N) is 3. The molecule has 24 heavy (non-hydrogen) atoms. The van der Waals surface area contributed by atoms with E-state index in [0.717, 1.165) is 45.1 Å². The van der Waals surface area contributed by atoms with Crippen molar-refractivity contribution in [1.82, 2.24) is 15.1 Å². The van der Waals surface area contributed by atoms with Gasteiger partial charge in [-0.25, -0.2) is 8.42 Å². The smallest absolute Gasteiger partial charge is 0.193 e. The van der Waals surface area contributed by atoms with Crippen LogP contribution >= 0.6 is 24.0 Å². The second-order valence-electron chi connectivity index (χ2n) is 6.78. The van der Waals surface area contributed by atoms with Gasteiger partial charge >= 0.3 is 0 Å². The lowest BCUT2D eigenvalue weighted by molar-refractivity contribution is 0.259. The Balaban J connectivity index is 0.00000208. The predicted molar refractivity (Wildman–Crippen MR) is 109 cm³/mol. The molecule has 6 nitrogen and oxygen atoms in total. The van der Waals surface area contributed by atoms with Gasteiger partial charge in [0.15, 0.2) is 15.8 Å². The van der Waals surface area contributed by atoms with E-state index in [1.807, 2.05) is 0 Å². The summed E-state index contributed by atoms with van der Waals surface area (Å²) in [6.45, 7) is 7.69. The summed E-state index contributed by atoms with van der Waals surface area (Å²) in [6, 6.07) is 0.598. The van der Waals surface area contributed by atoms with Crippen molar-refractivity contribution < 1.29 is 8.42 Å². The monoisotopic (exact) mass is 468 g/mol. The number of hydrogen-bond donors (Lipinski definition) is 1. The van der Waals surface area contributed by atoms with Crippen LogP contribution in [0.15, 0.2) is 17.1 Å². The van der Waals surface area contributed by atoms with Crippen LogP contribution in [0.1, 0.15) is 19.8 Å². The highest BCUT2D eigenvalue weighted by Crippen LogP contribution is 2.20. The predicted octanol–water partition coefficient (Wildman–Crippen LogP) is 0.951. The van der Waals surface area contributed by atoms with Crippen LogP contribution in [0.25, 0.3) is 0 Å². The molecule has 2 saturated heterocycles. The number of nitrogens with one attached hydrogen (secondary N) is 1. The second-order valence-corrected chi connectivity index (χ2v) is 9.01. The van der Waals surface area contributed by atoms with Crippen LogP contribution in [-0.4, -0.2) is 81.0 Å². The fraction of sp³-hybridized carbons (Fsp3) is 0.812. The number of halogens is 1. The molecule has 0 aliphatic carbocycles. The minimum absolute atomic E-state index is 0. The van der Waals surface area contributed by atoms with E-state index in [0.29, 0.717) is 24.1 Å². The maximum atomic E-state index is 11.6. The molecule has 0 amide bonds. The van der Waals surface area contributed by atoms with Gasteiger partial charge in [0.2, 0.25) is 0 Å². The molecular formula is C16H29IN4O2S. The summed E-state index contributed by atoms with van der Waals surface area (Å²) < 4.78 is 23.1. The molecule has 2 fully saturated rings. The summed E-state index contributed by atoms with van der Waals surface area (Å²) in [6.07, 6.45) is 6.40. The number of guanidine groups is 1. The number of likely N-dealkylation sites (tertiary alicyclic amines) is 1. The first kappa shape index (κ1) is 20.0. The highest BCUT2D eigenvalue weighted by Gasteiger charge is 2.31. The van der Waals surface area contributed by atoms with Crippen LogP contribution in [0.2, 0.25) is 0 Å². The van der Waals surface area contributed by atoms with Crippen molar-refractivity contribution in [2.75, 3.05) is 50.8 Å². The maximum absolute atomic E-state index is 11.6. The summed E-state index contributed by atoms with van der Waals surface area (Å²) >= 11 is 0. The van der Waals surface area contributed by atoms with Crippen molar-refractivity contribution in [2.45, 2.75) is 25.8 Å². The number of sulfone groups is 1. The summed E-state index contributed by atoms with van der Waals surface area (Å²) in [4.78, 5) is 9.57. The molecular weight excluding hydrogens is 439 g/mol. The summed E-state index contributed by atoms with van der Waals surface area (Å²) in [5.41, 5.74) is 0. The van der Waals surface area contributed by atoms with Gasteiger partial charge in [0, 0.05) is 45.3 Å². The first-order chi connectivity index (χ1) is 11.1. The Morgan fingerprint density at radius 1 is 1.29 bits per heavy atom. The largest absolute Gasteiger partial charge is 0.357 e. The molecule has 0 saturated carbocycles. The molecule has 2 atom stereocenters. The maximum Gasteiger partial charge on any atom is 0.193 e. The van der Waals surface area contributed by atoms with E-state index in [9.17, 15) is 8.42 Å². The van der Waals surface area contributed by atoms with E-state index in [1.165, 1.54) is 6.42 Å². The van der Waals surface area contributed by atoms with Gasteiger partial charge < -0.3 is 10.2 Å². The van der Waals surface area contributed by atoms with Crippen LogP contribution < -0.4 is 5.32 Å². The third-order valence-electron chi connectivity index (χ3n) is 4.99. The lowest BCUT2D eigenvalue weighted by Gasteiger charge is -2.25. The molecule has 0 radical (unpaired) electrons. The Hall–Kier alpha value is -0.350. The molecule has 138 valence electrons. The van der Waals surface area contributed by atoms with E-state index >= 15 is 0 Å². The molecule has 0 spiro atoms. The van der Waals surface area contributed by atoms with E-state index in [4.69, 9.17) is 4.99 Å². The zero-order valence-corrected chi connectivity index (χ0v) is 17.5. The minimum atomic E-state index is -2.81. The standard InChI is InChI=1S/C16H28N4O2S.HI/c1-2-17-16(18-11-14-6-10-23(21,22)13-14)20-9-5-15(12-20)19-7-3-4-8-19;/h3-4,14-15H,2,5-13H2,1H3,(H,17,18);1H. The van der Waals surface area contributed by atoms with E-state index < -0.39 is 9.84 Å². The molecule has 3 aliphatic rings. The van der Waals surface area contributed by atoms with Crippen molar-refractivity contribution >= 4 is 39.8 Å². The normalized spacial score (nSPS) is 29.9. The number of rotatable bonds is 4. The Morgan fingerprint density at radius 3 is 2.67 bits per heavy atom. The fourth-order valence-corrected chi connectivity index (χ4v) is 5.53. The summed E-state index contributed by atoms with van der Waals surface area (Å²) in [5, 5.41) is 3.37. The van der Waals surface area contributed by atoms with Gasteiger partial charge in [0.05, 0.1) is 11.5 Å². The molecule has 8 heteroatoms. The third-order valence-corrected chi connectivity index (χ3v) is 6.82. The van der Waals surface area contributed by atoms with Gasteiger partial charge in [0.1, 0.15) is 0 Å². The van der Waals surface area contributed by atoms with Gasteiger partial charge in [-0.05, 0) is 25.7 Å². The number of aliphatic imine (C=N–C) groups is 1. The van der Waals surface area contributed by atoms with Crippen molar-refractivity contribution in [3.8, 4) is 0 Å². The van der Waals surface area contributed by atoms with Gasteiger partial charge in [-0.1, -0.05) is 12.2 Å². The van der Waals surface area contributed by atoms with Gasteiger partial charge in [0.25, 0.3) is 0 Å². The summed E-state index contributed by atoms with van der Waals surface area (Å²) in [7, 11) is -2.81. The zero-order chi connectivity index (χ0) is 16.3. The van der Waals surface area contributed by atoms with E-state index in [2.05, 4.69) is 34.2 Å². The Labute approximate surface area is 162 Å². The van der Waals surface area contributed by atoms with Crippen LogP contribution in [0.3, 0.4) is 0 Å². The summed E-state index contributed by atoms with van der Waals surface area (Å²) in [5.74, 6) is 1.77. The van der Waals surface area contributed by atoms with Crippen LogP contribution in [0.5, 0.6) is 0 Å². The van der Waals surface area contributed by atoms with Crippen molar-refractivity contribution in [2.24, 2.45) is 10.9 Å². The van der Waals surface area contributed by atoms with Gasteiger partial charge in [-0.3, -0.25) is 9.89 Å². The Bertz CT molecular complexity index is 571. The van der Waals surface area contributed by atoms with Crippen LogP contribution in [-0.2, 0) is 9.84 Å². The average molecular weight is 468 g/mol. The topological polar surface area (TPSA) is 65.0 Å². The van der Waals surface area contributed by atoms with Crippen LogP contribution in [0.4, 0.5) is 0 Å². The first-order valence-electron chi connectivity index (χ1n) is 8.70. The van der Waals surface area contributed by atoms with Crippen molar-refractivity contribution in [3.63, 3.8) is 0 Å². The quantitative estimate of drug-likeness (QED) is 0.288. The molecule has 2 unspecified atom stereocenters. The fourth-order valence-electron chi connectivity index (χ4n) is 3.68. The van der Waals surface area contributed by atoms with Crippen molar-refractivity contribution in [1.29, 1.82) is 0 Å². The molecule has 0 bridgehead atoms. The SMILES string of the molecule is CCNC(=NCC1CCS(=O)(=O)C1)N1CCC(N2CC=CC2)C1.I. The molecule has 0 aromatic carbocycles. The highest BCUT2D eigenvalue weighted by molar-refractivity contribution is 14.0. The Morgan fingerprint density at radius 2 is 2.04 bits per heavy atom. The zero-order valence-electron chi connectivity index (χ0n) is 14.4. The molecule has 3 heterocycles. The highest BCUT2D eigenvalue weighted by atomic mass is 127. The molecule has 3 rings (SSSR count). The number of hydrogen-bond acceptors (Lipinski definition) is 4. The van der Waals surface area contributed by atoms with Crippen LogP contribution in [0, 0.1) is 5.92 Å². The lowest BCUT2D eigenvalue weighted by atomic mass is 10.1. The van der Waals surface area contributed by atoms with E-state index in [-0.39, 0.29) is 29.9 Å². The van der Waals surface area contributed by atoms with E-state index in [1.54, 1.807) is 0 Å². The van der Waals surface area contributed by atoms with Gasteiger partial charge in [-0.15, -0.1) is 24.0 Å². The average Bonchev–Trinajstić information content (AvgIpc) is 3.23. The Kier molecular flexibility index (Phi) is 7.36. The molecule has 3 aliphatic heterocycles. The lowest BCUT2D eigenvalue weighted by Crippen LogP contribution is -2.43. The second kappa shape index (κ2) is 8.84. The molecule has 0 aromatic rings. The third kappa shape index (κ3) is 5.08. The molecule has 1 N–H and O–H groups in total. The first-order valence-corrected chi connectivity index (χ1v) is 10.5. The van der Waals surface area contributed by atoms with Crippen molar-refractivity contribution in [3.05, 3.63) is 12.2 Å². The minimum Gasteiger partial charge on any atom is -0.357 e. The molecule has 0 aromatic heterocycles. The van der Waals surface area contributed by atoms with Gasteiger partial charge in [-0.2, -0.15) is 0 Å².